The van der Waals surface area contributed by atoms with Crippen LogP contribution in [-0.4, -0.2) is 26.0 Å². The quantitative estimate of drug-likeness (QED) is 0.690. The molecular weight excluding hydrogens is 309 g/mol. The van der Waals surface area contributed by atoms with Gasteiger partial charge in [-0.15, -0.1) is 5.10 Å². The van der Waals surface area contributed by atoms with Crippen LogP contribution in [-0.2, 0) is 0 Å². The van der Waals surface area contributed by atoms with E-state index in [2.05, 4.69) is 15.5 Å². The van der Waals surface area contributed by atoms with Gasteiger partial charge in [-0.1, -0.05) is 17.7 Å². The van der Waals surface area contributed by atoms with Gasteiger partial charge in [-0.25, -0.2) is 4.39 Å². The summed E-state index contributed by atoms with van der Waals surface area (Å²) in [5.74, 6) is -2.01. The number of carbonyl (C=O) groups excluding carboxylic acids is 1. The predicted molar refractivity (Wildman–Crippen MR) is 83.0 cm³/mol. The standard InChI is InChI=1S/C17H12FN5O/c1-11-2-8-14(9-3-11)23-17(20-21-22-23)15(10-19)16(24)12-4-6-13(18)7-5-12/h2-9,15H,1H3/t15-/m0/s1. The Labute approximate surface area is 137 Å². The molecule has 0 spiro atoms. The lowest BCUT2D eigenvalue weighted by Crippen LogP contribution is -2.16. The number of halogens is 1. The van der Waals surface area contributed by atoms with E-state index in [1.54, 1.807) is 12.1 Å². The maximum absolute atomic E-state index is 13.0. The smallest absolute Gasteiger partial charge is 0.187 e. The molecule has 2 aromatic carbocycles. The van der Waals surface area contributed by atoms with E-state index in [1.165, 1.54) is 28.9 Å². The van der Waals surface area contributed by atoms with E-state index in [4.69, 9.17) is 0 Å². The SMILES string of the molecule is Cc1ccc(-n2nnnc2[C@@H](C#N)C(=O)c2ccc(F)cc2)cc1. The first-order chi connectivity index (χ1) is 11.6. The minimum absolute atomic E-state index is 0.121. The minimum Gasteiger partial charge on any atom is -0.292 e. The number of carbonyl (C=O) groups is 1. The lowest BCUT2D eigenvalue weighted by molar-refractivity contribution is 0.0975. The second kappa shape index (κ2) is 6.38. The highest BCUT2D eigenvalue weighted by atomic mass is 19.1. The highest BCUT2D eigenvalue weighted by Gasteiger charge is 2.28. The third kappa shape index (κ3) is 2.90. The normalized spacial score (nSPS) is 11.7. The van der Waals surface area contributed by atoms with Crippen LogP contribution in [0.25, 0.3) is 5.69 Å². The molecule has 24 heavy (non-hydrogen) atoms. The van der Waals surface area contributed by atoms with E-state index in [0.29, 0.717) is 5.69 Å². The molecule has 6 nitrogen and oxygen atoms in total. The Balaban J connectivity index is 1.99. The van der Waals surface area contributed by atoms with Crippen molar-refractivity contribution >= 4 is 5.78 Å². The number of Topliss-reactive ketones (excluding diaryl/α,β-unsaturated/α-hetero) is 1. The fourth-order valence-electron chi connectivity index (χ4n) is 2.26. The van der Waals surface area contributed by atoms with Gasteiger partial charge < -0.3 is 0 Å². The Morgan fingerprint density at radius 1 is 1.17 bits per heavy atom. The number of ketones is 1. The average molecular weight is 321 g/mol. The zero-order chi connectivity index (χ0) is 17.1. The fraction of sp³-hybridized carbons (Fsp3) is 0.118. The molecule has 3 aromatic rings. The molecule has 0 aliphatic rings. The van der Waals surface area contributed by atoms with Crippen LogP contribution in [0.2, 0.25) is 0 Å². The van der Waals surface area contributed by atoms with E-state index in [0.717, 1.165) is 5.56 Å². The van der Waals surface area contributed by atoms with Crippen molar-refractivity contribution in [3.8, 4) is 11.8 Å². The Morgan fingerprint density at radius 2 is 1.83 bits per heavy atom. The lowest BCUT2D eigenvalue weighted by atomic mass is 9.98. The van der Waals surface area contributed by atoms with Gasteiger partial charge in [-0.05, 0) is 53.7 Å². The van der Waals surface area contributed by atoms with Crippen LogP contribution in [0, 0.1) is 24.1 Å². The van der Waals surface area contributed by atoms with E-state index in [-0.39, 0.29) is 11.4 Å². The zero-order valence-corrected chi connectivity index (χ0v) is 12.7. The van der Waals surface area contributed by atoms with E-state index in [9.17, 15) is 14.4 Å². The van der Waals surface area contributed by atoms with Crippen molar-refractivity contribution in [3.63, 3.8) is 0 Å². The number of aryl methyl sites for hydroxylation is 1. The van der Waals surface area contributed by atoms with Crippen molar-refractivity contribution in [3.05, 3.63) is 71.3 Å². The van der Waals surface area contributed by atoms with Crippen molar-refractivity contribution in [2.24, 2.45) is 0 Å². The average Bonchev–Trinajstić information content (AvgIpc) is 3.06. The number of hydrogen-bond donors (Lipinski definition) is 0. The van der Waals surface area contributed by atoms with Gasteiger partial charge in [-0.2, -0.15) is 9.94 Å². The summed E-state index contributed by atoms with van der Waals surface area (Å²) in [4.78, 5) is 12.6. The van der Waals surface area contributed by atoms with Crippen molar-refractivity contribution in [2.75, 3.05) is 0 Å². The Kier molecular flexibility index (Phi) is 4.12. The van der Waals surface area contributed by atoms with Crippen LogP contribution in [0.3, 0.4) is 0 Å². The van der Waals surface area contributed by atoms with Crippen LogP contribution in [0.4, 0.5) is 4.39 Å². The minimum atomic E-state index is -1.19. The fourth-order valence-corrected chi connectivity index (χ4v) is 2.26. The molecule has 0 aliphatic heterocycles. The molecule has 0 fully saturated rings. The monoisotopic (exact) mass is 321 g/mol. The summed E-state index contributed by atoms with van der Waals surface area (Å²) in [7, 11) is 0. The molecule has 118 valence electrons. The third-order valence-corrected chi connectivity index (χ3v) is 3.55. The molecule has 0 saturated carbocycles. The van der Waals surface area contributed by atoms with Gasteiger partial charge in [0.2, 0.25) is 0 Å². The van der Waals surface area contributed by atoms with Crippen LogP contribution in [0.15, 0.2) is 48.5 Å². The van der Waals surface area contributed by atoms with Gasteiger partial charge in [0, 0.05) is 5.56 Å². The maximum atomic E-state index is 13.0. The largest absolute Gasteiger partial charge is 0.292 e. The van der Waals surface area contributed by atoms with Crippen molar-refractivity contribution < 1.29 is 9.18 Å². The first kappa shape index (κ1) is 15.5. The summed E-state index contributed by atoms with van der Waals surface area (Å²) in [5, 5.41) is 20.7. The molecule has 3 rings (SSSR count). The molecule has 7 heteroatoms. The highest BCUT2D eigenvalue weighted by molar-refractivity contribution is 6.02. The molecular formula is C17H12FN5O. The summed E-state index contributed by atoms with van der Waals surface area (Å²) in [6.45, 7) is 1.94. The molecule has 1 heterocycles. The summed E-state index contributed by atoms with van der Waals surface area (Å²) in [6.07, 6.45) is 0. The van der Waals surface area contributed by atoms with Gasteiger partial charge in [0.15, 0.2) is 17.5 Å². The van der Waals surface area contributed by atoms with Crippen LogP contribution >= 0.6 is 0 Å². The Bertz CT molecular complexity index is 909. The molecule has 1 aromatic heterocycles. The number of rotatable bonds is 4. The lowest BCUT2D eigenvalue weighted by Gasteiger charge is -2.09. The maximum Gasteiger partial charge on any atom is 0.187 e. The van der Waals surface area contributed by atoms with Crippen LogP contribution < -0.4 is 0 Å². The molecule has 0 aliphatic carbocycles. The first-order valence-electron chi connectivity index (χ1n) is 7.15. The van der Waals surface area contributed by atoms with Gasteiger partial charge >= 0.3 is 0 Å². The molecule has 0 unspecified atom stereocenters. The molecule has 0 radical (unpaired) electrons. The summed E-state index contributed by atoms with van der Waals surface area (Å²) >= 11 is 0. The van der Waals surface area contributed by atoms with E-state index in [1.807, 2.05) is 25.1 Å². The Morgan fingerprint density at radius 3 is 2.46 bits per heavy atom. The molecule has 0 N–H and O–H groups in total. The topological polar surface area (TPSA) is 84.5 Å². The number of aromatic nitrogens is 4. The number of benzene rings is 2. The summed E-state index contributed by atoms with van der Waals surface area (Å²) in [6, 6.07) is 14.3. The predicted octanol–water partition coefficient (Wildman–Crippen LogP) is 2.60. The third-order valence-electron chi connectivity index (χ3n) is 3.55. The van der Waals surface area contributed by atoms with E-state index < -0.39 is 17.5 Å². The molecule has 0 saturated heterocycles. The number of nitriles is 1. The second-order valence-electron chi connectivity index (χ2n) is 5.22. The van der Waals surface area contributed by atoms with Gasteiger partial charge in [0.05, 0.1) is 11.8 Å². The number of tetrazole rings is 1. The van der Waals surface area contributed by atoms with Crippen molar-refractivity contribution in [1.82, 2.24) is 20.2 Å². The van der Waals surface area contributed by atoms with Gasteiger partial charge in [0.1, 0.15) is 5.82 Å². The van der Waals surface area contributed by atoms with Crippen molar-refractivity contribution in [1.29, 1.82) is 5.26 Å². The zero-order valence-electron chi connectivity index (χ0n) is 12.7. The van der Waals surface area contributed by atoms with Crippen LogP contribution in [0.1, 0.15) is 27.7 Å². The van der Waals surface area contributed by atoms with Gasteiger partial charge in [-0.3, -0.25) is 4.79 Å². The number of nitrogens with zero attached hydrogens (tertiary/aromatic N) is 5. The molecule has 1 atom stereocenters. The summed E-state index contributed by atoms with van der Waals surface area (Å²) in [5.41, 5.74) is 1.93. The summed E-state index contributed by atoms with van der Waals surface area (Å²) < 4.78 is 14.4. The Hall–Kier alpha value is -3.40. The molecule has 0 amide bonds. The van der Waals surface area contributed by atoms with E-state index >= 15 is 0 Å². The van der Waals surface area contributed by atoms with Crippen molar-refractivity contribution in [2.45, 2.75) is 12.8 Å². The second-order valence-corrected chi connectivity index (χ2v) is 5.22. The first-order valence-corrected chi connectivity index (χ1v) is 7.15. The molecule has 0 bridgehead atoms. The van der Waals surface area contributed by atoms with Gasteiger partial charge in [0.25, 0.3) is 0 Å². The van der Waals surface area contributed by atoms with Crippen LogP contribution in [0.5, 0.6) is 0 Å². The number of hydrogen-bond acceptors (Lipinski definition) is 5. The highest BCUT2D eigenvalue weighted by Crippen LogP contribution is 2.21.